The standard InChI is InChI=1S/C21H28N4O2/c1-15(16-6-4-3-5-7-16)22-20(26)17-8-9-19-18(14-17)23-21(24(19)2)25-10-12-27-13-11-25/h6,8-9,14-15H,3-5,7,10-13H2,1-2H3,(H,22,26)/t15-/m0/s1. The minimum atomic E-state index is -0.0329. The van der Waals surface area contributed by atoms with Crippen molar-refractivity contribution in [3.8, 4) is 0 Å². The van der Waals surface area contributed by atoms with Crippen LogP contribution in [0.25, 0.3) is 11.0 Å². The van der Waals surface area contributed by atoms with Crippen molar-refractivity contribution in [2.45, 2.75) is 38.6 Å². The third-order valence-corrected chi connectivity index (χ3v) is 5.64. The molecule has 1 atom stereocenters. The highest BCUT2D eigenvalue weighted by Crippen LogP contribution is 2.24. The predicted molar refractivity (Wildman–Crippen MR) is 107 cm³/mol. The molecule has 0 radical (unpaired) electrons. The topological polar surface area (TPSA) is 59.4 Å². The van der Waals surface area contributed by atoms with Gasteiger partial charge in [0.15, 0.2) is 0 Å². The third-order valence-electron chi connectivity index (χ3n) is 5.64. The number of nitrogens with one attached hydrogen (secondary N) is 1. The number of aromatic nitrogens is 2. The maximum Gasteiger partial charge on any atom is 0.251 e. The molecular formula is C21H28N4O2. The number of fused-ring (bicyclic) bond motifs is 1. The van der Waals surface area contributed by atoms with Gasteiger partial charge in [0.1, 0.15) is 0 Å². The monoisotopic (exact) mass is 368 g/mol. The highest BCUT2D eigenvalue weighted by atomic mass is 16.5. The Balaban J connectivity index is 1.54. The lowest BCUT2D eigenvalue weighted by Crippen LogP contribution is -2.37. The smallest absolute Gasteiger partial charge is 0.251 e. The minimum absolute atomic E-state index is 0.0329. The number of benzene rings is 1. The molecule has 2 heterocycles. The number of allylic oxidation sites excluding steroid dienone is 1. The van der Waals surface area contributed by atoms with E-state index in [9.17, 15) is 4.79 Å². The molecule has 0 bridgehead atoms. The first-order chi connectivity index (χ1) is 13.1. The summed E-state index contributed by atoms with van der Waals surface area (Å²) in [5.41, 5.74) is 3.91. The van der Waals surface area contributed by atoms with Gasteiger partial charge in [0.05, 0.1) is 24.2 Å². The van der Waals surface area contributed by atoms with Crippen molar-refractivity contribution in [2.24, 2.45) is 7.05 Å². The first-order valence-electron chi connectivity index (χ1n) is 9.92. The van der Waals surface area contributed by atoms with Crippen molar-refractivity contribution in [1.29, 1.82) is 0 Å². The molecule has 4 rings (SSSR count). The number of hydrogen-bond donors (Lipinski definition) is 1. The fourth-order valence-corrected chi connectivity index (χ4v) is 4.00. The zero-order valence-corrected chi connectivity index (χ0v) is 16.2. The Morgan fingerprint density at radius 3 is 2.81 bits per heavy atom. The van der Waals surface area contributed by atoms with Crippen molar-refractivity contribution >= 4 is 22.9 Å². The van der Waals surface area contributed by atoms with E-state index in [4.69, 9.17) is 9.72 Å². The van der Waals surface area contributed by atoms with Gasteiger partial charge >= 0.3 is 0 Å². The number of imidazole rings is 1. The van der Waals surface area contributed by atoms with Gasteiger partial charge in [-0.3, -0.25) is 4.79 Å². The Morgan fingerprint density at radius 1 is 1.26 bits per heavy atom. The molecule has 1 aromatic carbocycles. The van der Waals surface area contributed by atoms with Gasteiger partial charge < -0.3 is 19.5 Å². The summed E-state index contributed by atoms with van der Waals surface area (Å²) in [6, 6.07) is 5.87. The number of morpholine rings is 1. The molecular weight excluding hydrogens is 340 g/mol. The number of anilines is 1. The largest absolute Gasteiger partial charge is 0.378 e. The van der Waals surface area contributed by atoms with Gasteiger partial charge in [0, 0.05) is 31.7 Å². The van der Waals surface area contributed by atoms with E-state index in [1.807, 2.05) is 25.2 Å². The van der Waals surface area contributed by atoms with E-state index in [0.717, 1.165) is 56.1 Å². The summed E-state index contributed by atoms with van der Waals surface area (Å²) in [5.74, 6) is 0.904. The molecule has 1 saturated heterocycles. The van der Waals surface area contributed by atoms with Gasteiger partial charge in [-0.1, -0.05) is 11.6 Å². The number of aryl methyl sites for hydroxylation is 1. The molecule has 1 aliphatic carbocycles. The van der Waals surface area contributed by atoms with Crippen molar-refractivity contribution in [2.75, 3.05) is 31.2 Å². The van der Waals surface area contributed by atoms with Crippen LogP contribution in [0.3, 0.4) is 0 Å². The molecule has 1 N–H and O–H groups in total. The van der Waals surface area contributed by atoms with E-state index in [-0.39, 0.29) is 11.9 Å². The van der Waals surface area contributed by atoms with Crippen LogP contribution in [-0.4, -0.2) is 47.8 Å². The summed E-state index contributed by atoms with van der Waals surface area (Å²) in [6.45, 7) is 5.22. The van der Waals surface area contributed by atoms with E-state index in [2.05, 4.69) is 27.8 Å². The Labute approximate surface area is 160 Å². The molecule has 0 unspecified atom stereocenters. The van der Waals surface area contributed by atoms with Gasteiger partial charge in [-0.2, -0.15) is 0 Å². The second-order valence-electron chi connectivity index (χ2n) is 7.49. The van der Waals surface area contributed by atoms with Crippen LogP contribution in [0.2, 0.25) is 0 Å². The number of carbonyl (C=O) groups is 1. The lowest BCUT2D eigenvalue weighted by atomic mass is 9.94. The van der Waals surface area contributed by atoms with E-state index in [1.54, 1.807) is 0 Å². The van der Waals surface area contributed by atoms with Crippen molar-refractivity contribution in [3.05, 3.63) is 35.4 Å². The summed E-state index contributed by atoms with van der Waals surface area (Å²) in [5, 5.41) is 3.15. The van der Waals surface area contributed by atoms with Gasteiger partial charge in [-0.25, -0.2) is 4.98 Å². The average molecular weight is 368 g/mol. The SMILES string of the molecule is C[C@H](NC(=O)c1ccc2c(c1)nc(N1CCOCC1)n2C)C1=CCCCC1. The average Bonchev–Trinajstić information content (AvgIpc) is 3.05. The van der Waals surface area contributed by atoms with Gasteiger partial charge in [0.2, 0.25) is 5.95 Å². The molecule has 6 nitrogen and oxygen atoms in total. The first-order valence-corrected chi connectivity index (χ1v) is 9.92. The summed E-state index contributed by atoms with van der Waals surface area (Å²) in [6.07, 6.45) is 6.97. The second-order valence-corrected chi connectivity index (χ2v) is 7.49. The molecule has 144 valence electrons. The Bertz CT molecular complexity index is 864. The van der Waals surface area contributed by atoms with Crippen LogP contribution in [0.1, 0.15) is 43.0 Å². The quantitative estimate of drug-likeness (QED) is 0.843. The number of amides is 1. The van der Waals surface area contributed by atoms with Gasteiger partial charge in [0.25, 0.3) is 5.91 Å². The van der Waals surface area contributed by atoms with Crippen molar-refractivity contribution < 1.29 is 9.53 Å². The summed E-state index contributed by atoms with van der Waals surface area (Å²) >= 11 is 0. The first kappa shape index (κ1) is 18.0. The van der Waals surface area contributed by atoms with Crippen LogP contribution in [0.5, 0.6) is 0 Å². The molecule has 1 fully saturated rings. The fraction of sp³-hybridized carbons (Fsp3) is 0.524. The normalized spacial score (nSPS) is 19.0. The van der Waals surface area contributed by atoms with E-state index >= 15 is 0 Å². The fourth-order valence-electron chi connectivity index (χ4n) is 4.00. The molecule has 0 spiro atoms. The second kappa shape index (κ2) is 7.72. The van der Waals surface area contributed by atoms with Crippen LogP contribution < -0.4 is 10.2 Å². The van der Waals surface area contributed by atoms with Crippen LogP contribution >= 0.6 is 0 Å². The number of nitrogens with zero attached hydrogens (tertiary/aromatic N) is 3. The number of carbonyl (C=O) groups excluding carboxylic acids is 1. The summed E-state index contributed by atoms with van der Waals surface area (Å²) < 4.78 is 7.53. The van der Waals surface area contributed by atoms with E-state index in [1.165, 1.54) is 18.4 Å². The van der Waals surface area contributed by atoms with Gasteiger partial charge in [-0.15, -0.1) is 0 Å². The summed E-state index contributed by atoms with van der Waals surface area (Å²) in [7, 11) is 2.03. The number of rotatable bonds is 4. The zero-order valence-electron chi connectivity index (χ0n) is 16.2. The van der Waals surface area contributed by atoms with Crippen LogP contribution in [-0.2, 0) is 11.8 Å². The lowest BCUT2D eigenvalue weighted by Gasteiger charge is -2.27. The molecule has 0 saturated carbocycles. The van der Waals surface area contributed by atoms with E-state index in [0.29, 0.717) is 5.56 Å². The van der Waals surface area contributed by atoms with Crippen LogP contribution in [0, 0.1) is 0 Å². The van der Waals surface area contributed by atoms with Gasteiger partial charge in [-0.05, 0) is 50.8 Å². The Hall–Kier alpha value is -2.34. The molecule has 2 aliphatic rings. The molecule has 2 aromatic rings. The Morgan fingerprint density at radius 2 is 2.07 bits per heavy atom. The molecule has 1 aromatic heterocycles. The zero-order chi connectivity index (χ0) is 18.8. The maximum absolute atomic E-state index is 12.7. The van der Waals surface area contributed by atoms with Crippen LogP contribution in [0.4, 0.5) is 5.95 Å². The van der Waals surface area contributed by atoms with E-state index < -0.39 is 0 Å². The van der Waals surface area contributed by atoms with Crippen molar-refractivity contribution in [3.63, 3.8) is 0 Å². The highest BCUT2D eigenvalue weighted by molar-refractivity contribution is 5.98. The lowest BCUT2D eigenvalue weighted by molar-refractivity contribution is 0.0944. The number of ether oxygens (including phenoxy) is 1. The third kappa shape index (κ3) is 3.72. The predicted octanol–water partition coefficient (Wildman–Crippen LogP) is 3.03. The number of hydrogen-bond acceptors (Lipinski definition) is 4. The molecule has 27 heavy (non-hydrogen) atoms. The highest BCUT2D eigenvalue weighted by Gasteiger charge is 2.19. The molecule has 6 heteroatoms. The summed E-state index contributed by atoms with van der Waals surface area (Å²) in [4.78, 5) is 19.8. The van der Waals surface area contributed by atoms with Crippen molar-refractivity contribution in [1.82, 2.24) is 14.9 Å². The minimum Gasteiger partial charge on any atom is -0.378 e. The molecule has 1 amide bonds. The molecule has 1 aliphatic heterocycles. The Kier molecular flexibility index (Phi) is 5.16. The maximum atomic E-state index is 12.7. The van der Waals surface area contributed by atoms with Crippen LogP contribution in [0.15, 0.2) is 29.8 Å².